The Morgan fingerprint density at radius 1 is 1.48 bits per heavy atom. The van der Waals surface area contributed by atoms with Crippen LogP contribution in [0.25, 0.3) is 0 Å². The number of amides is 1. The fraction of sp³-hybridized carbons (Fsp3) is 0.533. The second-order valence-electron chi connectivity index (χ2n) is 5.88. The van der Waals surface area contributed by atoms with Crippen LogP contribution in [0.4, 0.5) is 17.1 Å². The zero-order valence-corrected chi connectivity index (χ0v) is 14.7. The van der Waals surface area contributed by atoms with Crippen molar-refractivity contribution in [3.8, 4) is 0 Å². The van der Waals surface area contributed by atoms with E-state index in [0.29, 0.717) is 19.0 Å². The topological polar surface area (TPSA) is 83.1 Å². The Labute approximate surface area is 146 Å². The second-order valence-corrected chi connectivity index (χ2v) is 6.41. The number of carbonyl (C=O) groups is 1. The van der Waals surface area contributed by atoms with Gasteiger partial charge in [0.15, 0.2) is 0 Å². The van der Waals surface area contributed by atoms with E-state index in [1.165, 1.54) is 6.42 Å². The summed E-state index contributed by atoms with van der Waals surface area (Å²) >= 11 is 1.16. The Balaban J connectivity index is 0.00000192. The van der Waals surface area contributed by atoms with Crippen LogP contribution in [0.3, 0.4) is 0 Å². The number of piperidine rings is 1. The number of nitrogens with one attached hydrogen (secondary N) is 1. The number of rotatable bonds is 4. The van der Waals surface area contributed by atoms with Crippen molar-refractivity contribution >= 4 is 46.7 Å². The van der Waals surface area contributed by atoms with Crippen molar-refractivity contribution < 1.29 is 4.79 Å². The van der Waals surface area contributed by atoms with E-state index >= 15 is 0 Å². The van der Waals surface area contributed by atoms with Gasteiger partial charge in [-0.1, -0.05) is 13.0 Å². The van der Waals surface area contributed by atoms with E-state index in [0.717, 1.165) is 41.4 Å². The lowest BCUT2D eigenvalue weighted by molar-refractivity contribution is -0.118. The van der Waals surface area contributed by atoms with Crippen molar-refractivity contribution in [3.05, 3.63) is 18.2 Å². The van der Waals surface area contributed by atoms with Gasteiger partial charge in [0.1, 0.15) is 11.4 Å². The number of nitrogens with zero attached hydrogens (tertiary/aromatic N) is 3. The normalized spacial score (nSPS) is 22.9. The molecule has 3 N–H and O–H groups in total. The average Bonchev–Trinajstić information content (AvgIpc) is 2.97. The molecule has 2 atom stereocenters. The number of hydrogen-bond acceptors (Lipinski definition) is 5. The number of carbonyl (C=O) groups excluding carboxylic acids is 1. The quantitative estimate of drug-likeness (QED) is 0.884. The molecule has 126 valence electrons. The Hall–Kier alpha value is -1.28. The number of halogens is 1. The van der Waals surface area contributed by atoms with E-state index < -0.39 is 0 Å². The van der Waals surface area contributed by atoms with E-state index in [2.05, 4.69) is 25.9 Å². The van der Waals surface area contributed by atoms with Gasteiger partial charge in [0.2, 0.25) is 5.91 Å². The predicted molar refractivity (Wildman–Crippen MR) is 96.7 cm³/mol. The predicted octanol–water partition coefficient (Wildman–Crippen LogP) is 2.83. The highest BCUT2D eigenvalue weighted by Gasteiger charge is 2.28. The lowest BCUT2D eigenvalue weighted by Crippen LogP contribution is -2.51. The molecule has 0 aliphatic carbocycles. The molecule has 1 aromatic rings. The lowest BCUT2D eigenvalue weighted by atomic mass is 9.91. The van der Waals surface area contributed by atoms with Crippen molar-refractivity contribution in [2.45, 2.75) is 25.8 Å². The first-order chi connectivity index (χ1) is 10.7. The molecule has 1 amide bonds. The van der Waals surface area contributed by atoms with Gasteiger partial charge in [0, 0.05) is 12.6 Å². The Bertz CT molecular complexity index is 647. The van der Waals surface area contributed by atoms with Crippen molar-refractivity contribution in [1.82, 2.24) is 4.90 Å². The van der Waals surface area contributed by atoms with Crippen LogP contribution in [0.2, 0.25) is 0 Å². The van der Waals surface area contributed by atoms with E-state index in [1.807, 2.05) is 18.2 Å². The summed E-state index contributed by atoms with van der Waals surface area (Å²) in [5, 5.41) is 2.96. The van der Waals surface area contributed by atoms with Crippen LogP contribution >= 0.6 is 12.4 Å². The largest absolute Gasteiger partial charge is 0.329 e. The number of nitrogens with two attached hydrogens (primary N) is 1. The third-order valence-corrected chi connectivity index (χ3v) is 4.92. The van der Waals surface area contributed by atoms with E-state index in [1.54, 1.807) is 0 Å². The van der Waals surface area contributed by atoms with Gasteiger partial charge in [-0.3, -0.25) is 9.69 Å². The molecule has 0 saturated carbocycles. The standard InChI is InChI=1S/C15H21N5OS.ClH/c1-10-4-3-7-20(13(10)8-16)9-14(21)17-11-5-2-6-12-15(11)19-22-18-12;/h2,5-6,10,13H,3-4,7-9,16H2,1H3,(H,17,21);1H. The molecule has 2 aliphatic rings. The molecule has 2 heterocycles. The molecule has 1 aromatic carbocycles. The number of likely N-dealkylation sites (tertiary alicyclic amines) is 1. The first kappa shape index (κ1) is 18.1. The van der Waals surface area contributed by atoms with Gasteiger partial charge in [-0.25, -0.2) is 0 Å². The van der Waals surface area contributed by atoms with E-state index in [-0.39, 0.29) is 24.4 Å². The van der Waals surface area contributed by atoms with Gasteiger partial charge in [0.25, 0.3) is 0 Å². The molecule has 1 fully saturated rings. The summed E-state index contributed by atoms with van der Waals surface area (Å²) in [6, 6.07) is 5.92. The molecule has 6 nitrogen and oxygen atoms in total. The third kappa shape index (κ3) is 3.98. The zero-order chi connectivity index (χ0) is 15.5. The Morgan fingerprint density at radius 2 is 2.30 bits per heavy atom. The van der Waals surface area contributed by atoms with E-state index in [9.17, 15) is 4.79 Å². The maximum Gasteiger partial charge on any atom is 0.238 e. The number of hydrogen-bond donors (Lipinski definition) is 2. The zero-order valence-electron chi connectivity index (χ0n) is 13.1. The third-order valence-electron chi connectivity index (χ3n) is 4.38. The summed E-state index contributed by atoms with van der Waals surface area (Å²) in [6.07, 6.45) is 2.31. The molecule has 1 saturated heterocycles. The number of fused-ring (bicyclic) bond motifs is 1. The van der Waals surface area contributed by atoms with Gasteiger partial charge in [-0.05, 0) is 37.4 Å². The van der Waals surface area contributed by atoms with Crippen LogP contribution in [0, 0.1) is 5.92 Å². The Morgan fingerprint density at radius 3 is 3.09 bits per heavy atom. The average molecular weight is 356 g/mol. The fourth-order valence-electron chi connectivity index (χ4n) is 3.19. The molecule has 23 heavy (non-hydrogen) atoms. The van der Waals surface area contributed by atoms with Crippen LogP contribution in [-0.4, -0.2) is 36.5 Å². The minimum atomic E-state index is -0.0203. The van der Waals surface area contributed by atoms with Gasteiger partial charge < -0.3 is 11.1 Å². The molecule has 2 aliphatic heterocycles. The van der Waals surface area contributed by atoms with Crippen LogP contribution in [-0.2, 0) is 16.1 Å². The summed E-state index contributed by atoms with van der Waals surface area (Å²) < 4.78 is 8.43. The van der Waals surface area contributed by atoms with Crippen molar-refractivity contribution in [3.63, 3.8) is 0 Å². The highest BCUT2D eigenvalue weighted by atomic mass is 35.5. The first-order valence-electron chi connectivity index (χ1n) is 7.64. The SMILES string of the molecule is CC1CCCN(CC(=O)Nc2cccc3c2N=S=N3)C1CN.Cl. The molecule has 8 heteroatoms. The van der Waals surface area contributed by atoms with Gasteiger partial charge in [0.05, 0.1) is 23.6 Å². The molecule has 3 rings (SSSR count). The summed E-state index contributed by atoms with van der Waals surface area (Å²) in [5.41, 5.74) is 8.18. The summed E-state index contributed by atoms with van der Waals surface area (Å²) in [4.78, 5) is 14.6. The molecule has 0 aromatic heterocycles. The monoisotopic (exact) mass is 355 g/mol. The smallest absolute Gasteiger partial charge is 0.238 e. The minimum Gasteiger partial charge on any atom is -0.329 e. The van der Waals surface area contributed by atoms with Crippen molar-refractivity contribution in [2.24, 2.45) is 20.4 Å². The molecule has 0 spiro atoms. The Kier molecular flexibility index (Phi) is 6.29. The molecule has 0 radical (unpaired) electrons. The van der Waals surface area contributed by atoms with Crippen molar-refractivity contribution in [1.29, 1.82) is 0 Å². The maximum absolute atomic E-state index is 12.4. The minimum absolute atomic E-state index is 0. The van der Waals surface area contributed by atoms with Gasteiger partial charge in [-0.2, -0.15) is 8.73 Å². The maximum atomic E-state index is 12.4. The molecule has 2 unspecified atom stereocenters. The number of benzene rings is 1. The second kappa shape index (κ2) is 8.01. The van der Waals surface area contributed by atoms with E-state index in [4.69, 9.17) is 5.73 Å². The summed E-state index contributed by atoms with van der Waals surface area (Å²) in [7, 11) is 0. The van der Waals surface area contributed by atoms with Crippen LogP contribution in [0.1, 0.15) is 19.8 Å². The molecule has 0 bridgehead atoms. The van der Waals surface area contributed by atoms with Gasteiger partial charge >= 0.3 is 0 Å². The first-order valence-corrected chi connectivity index (χ1v) is 8.37. The summed E-state index contributed by atoms with van der Waals surface area (Å²) in [5.74, 6) is 0.519. The van der Waals surface area contributed by atoms with Crippen LogP contribution in [0.5, 0.6) is 0 Å². The molecular weight excluding hydrogens is 334 g/mol. The van der Waals surface area contributed by atoms with Crippen LogP contribution < -0.4 is 11.1 Å². The van der Waals surface area contributed by atoms with Crippen LogP contribution in [0.15, 0.2) is 26.9 Å². The van der Waals surface area contributed by atoms with Gasteiger partial charge in [-0.15, -0.1) is 12.4 Å². The highest BCUT2D eigenvalue weighted by Crippen LogP contribution is 2.38. The summed E-state index contributed by atoms with van der Waals surface area (Å²) in [6.45, 7) is 4.12. The fourth-order valence-corrected chi connectivity index (χ4v) is 3.74. The highest BCUT2D eigenvalue weighted by molar-refractivity contribution is 7.58. The lowest BCUT2D eigenvalue weighted by Gasteiger charge is -2.38. The molecular formula is C15H22ClN5OS. The van der Waals surface area contributed by atoms with Crippen molar-refractivity contribution in [2.75, 3.05) is 25.0 Å². The number of anilines is 1.